The van der Waals surface area contributed by atoms with Crippen LogP contribution in [0.5, 0.6) is 5.75 Å². The number of nitrogens with one attached hydrogen (secondary N) is 1. The summed E-state index contributed by atoms with van der Waals surface area (Å²) in [6, 6.07) is 6.24. The average molecular weight is 298 g/mol. The zero-order valence-corrected chi connectivity index (χ0v) is 11.4. The van der Waals surface area contributed by atoms with Crippen molar-refractivity contribution in [3.8, 4) is 5.75 Å². The molecule has 0 radical (unpaired) electrons. The van der Waals surface area contributed by atoms with E-state index in [1.807, 2.05) is 12.1 Å². The summed E-state index contributed by atoms with van der Waals surface area (Å²) in [5.41, 5.74) is 1.44. The highest BCUT2D eigenvalue weighted by molar-refractivity contribution is 9.10. The third-order valence-electron chi connectivity index (χ3n) is 3.98. The van der Waals surface area contributed by atoms with E-state index in [2.05, 4.69) is 27.3 Å². The van der Waals surface area contributed by atoms with E-state index in [-0.39, 0.29) is 5.41 Å². The fourth-order valence-corrected chi connectivity index (χ4v) is 3.04. The Hall–Kier alpha value is -0.580. The van der Waals surface area contributed by atoms with Crippen molar-refractivity contribution >= 4 is 15.9 Å². The maximum atomic E-state index is 5.50. The highest BCUT2D eigenvalue weighted by Crippen LogP contribution is 2.45. The highest BCUT2D eigenvalue weighted by atomic mass is 79.9. The van der Waals surface area contributed by atoms with Crippen LogP contribution in [-0.2, 0) is 10.2 Å². The molecular weight excluding hydrogens is 282 g/mol. The van der Waals surface area contributed by atoms with Gasteiger partial charge in [0.1, 0.15) is 5.75 Å². The van der Waals surface area contributed by atoms with E-state index in [4.69, 9.17) is 9.47 Å². The quantitative estimate of drug-likeness (QED) is 0.925. The molecular formula is C13H16BrNO2. The summed E-state index contributed by atoms with van der Waals surface area (Å²) in [4.78, 5) is 0. The molecule has 1 aromatic carbocycles. The van der Waals surface area contributed by atoms with E-state index in [9.17, 15) is 0 Å². The molecule has 2 saturated heterocycles. The fourth-order valence-electron chi connectivity index (χ4n) is 2.68. The lowest BCUT2D eigenvalue weighted by Crippen LogP contribution is -2.62. The van der Waals surface area contributed by atoms with Crippen LogP contribution in [0, 0.1) is 5.92 Å². The Labute approximate surface area is 110 Å². The zero-order chi connectivity index (χ0) is 11.9. The van der Waals surface area contributed by atoms with Gasteiger partial charge in [-0.1, -0.05) is 15.9 Å². The van der Waals surface area contributed by atoms with Gasteiger partial charge in [-0.3, -0.25) is 0 Å². The predicted molar refractivity (Wildman–Crippen MR) is 69.6 cm³/mol. The molecule has 2 heterocycles. The minimum Gasteiger partial charge on any atom is -0.496 e. The van der Waals surface area contributed by atoms with Gasteiger partial charge in [0.2, 0.25) is 0 Å². The summed E-state index contributed by atoms with van der Waals surface area (Å²) in [7, 11) is 1.74. The van der Waals surface area contributed by atoms with Crippen molar-refractivity contribution in [3.05, 3.63) is 28.2 Å². The average Bonchev–Trinajstić information content (AvgIpc) is 2.20. The third-order valence-corrected chi connectivity index (χ3v) is 4.47. The number of rotatable bonds is 3. The van der Waals surface area contributed by atoms with E-state index in [1.54, 1.807) is 7.11 Å². The summed E-state index contributed by atoms with van der Waals surface area (Å²) < 4.78 is 12.1. The van der Waals surface area contributed by atoms with Crippen molar-refractivity contribution in [3.63, 3.8) is 0 Å². The van der Waals surface area contributed by atoms with Crippen LogP contribution in [0.15, 0.2) is 22.7 Å². The summed E-state index contributed by atoms with van der Waals surface area (Å²) in [6.07, 6.45) is 0. The van der Waals surface area contributed by atoms with Gasteiger partial charge < -0.3 is 14.8 Å². The van der Waals surface area contributed by atoms with Crippen molar-refractivity contribution in [2.75, 3.05) is 33.4 Å². The molecule has 0 spiro atoms. The molecule has 4 heteroatoms. The van der Waals surface area contributed by atoms with Crippen molar-refractivity contribution in [1.29, 1.82) is 0 Å². The molecule has 1 N–H and O–H groups in total. The Bertz CT molecular complexity index is 427. The predicted octanol–water partition coefficient (Wildman–Crippen LogP) is 1.95. The molecule has 3 nitrogen and oxygen atoms in total. The van der Waals surface area contributed by atoms with Crippen molar-refractivity contribution in [1.82, 2.24) is 5.32 Å². The van der Waals surface area contributed by atoms with Gasteiger partial charge in [0.15, 0.2) is 0 Å². The molecule has 0 aliphatic carbocycles. The molecule has 0 amide bonds. The summed E-state index contributed by atoms with van der Waals surface area (Å²) >= 11 is 3.55. The summed E-state index contributed by atoms with van der Waals surface area (Å²) in [5.74, 6) is 1.64. The minimum absolute atomic E-state index is 0.153. The molecule has 2 aliphatic rings. The van der Waals surface area contributed by atoms with Crippen LogP contribution in [0.1, 0.15) is 5.56 Å². The molecule has 1 aromatic rings. The van der Waals surface area contributed by atoms with Crippen LogP contribution in [0.4, 0.5) is 0 Å². The first kappa shape index (κ1) is 11.5. The molecule has 17 heavy (non-hydrogen) atoms. The second kappa shape index (κ2) is 4.26. The topological polar surface area (TPSA) is 30.5 Å². The maximum Gasteiger partial charge on any atom is 0.122 e. The molecule has 3 rings (SSSR count). The van der Waals surface area contributed by atoms with E-state index in [0.717, 1.165) is 36.5 Å². The van der Waals surface area contributed by atoms with Crippen LogP contribution in [0.3, 0.4) is 0 Å². The standard InChI is InChI=1S/C13H16BrNO2/c1-16-12-3-2-10(14)4-11(12)13(7-17-8-13)9-5-15-6-9/h2-4,9,15H,5-8H2,1H3. The fraction of sp³-hybridized carbons (Fsp3) is 0.538. The zero-order valence-electron chi connectivity index (χ0n) is 9.83. The number of benzene rings is 1. The van der Waals surface area contributed by atoms with Gasteiger partial charge in [-0.05, 0) is 24.1 Å². The third kappa shape index (κ3) is 1.70. The van der Waals surface area contributed by atoms with Gasteiger partial charge >= 0.3 is 0 Å². The van der Waals surface area contributed by atoms with E-state index >= 15 is 0 Å². The maximum absolute atomic E-state index is 5.50. The second-order valence-electron chi connectivity index (χ2n) is 4.85. The molecule has 0 atom stereocenters. The Balaban J connectivity index is 2.03. The SMILES string of the molecule is COc1ccc(Br)cc1C1(C2CNC2)COC1. The Kier molecular flexibility index (Phi) is 2.89. The van der Waals surface area contributed by atoms with Crippen LogP contribution < -0.4 is 10.1 Å². The lowest BCUT2D eigenvalue weighted by atomic mass is 9.66. The first-order chi connectivity index (χ1) is 8.26. The van der Waals surface area contributed by atoms with Crippen molar-refractivity contribution in [2.24, 2.45) is 5.92 Å². The van der Waals surface area contributed by atoms with E-state index < -0.39 is 0 Å². The van der Waals surface area contributed by atoms with Crippen LogP contribution in [-0.4, -0.2) is 33.4 Å². The molecule has 0 unspecified atom stereocenters. The van der Waals surface area contributed by atoms with Crippen LogP contribution in [0.2, 0.25) is 0 Å². The first-order valence-corrected chi connectivity index (χ1v) is 6.68. The number of hydrogen-bond acceptors (Lipinski definition) is 3. The summed E-state index contributed by atoms with van der Waals surface area (Å²) in [5, 5.41) is 3.35. The number of hydrogen-bond donors (Lipinski definition) is 1. The van der Waals surface area contributed by atoms with Gasteiger partial charge in [-0.2, -0.15) is 0 Å². The van der Waals surface area contributed by atoms with E-state index in [1.165, 1.54) is 5.56 Å². The minimum atomic E-state index is 0.153. The Morgan fingerprint density at radius 2 is 2.18 bits per heavy atom. The van der Waals surface area contributed by atoms with Gasteiger partial charge in [0.05, 0.1) is 25.7 Å². The lowest BCUT2D eigenvalue weighted by Gasteiger charge is -2.51. The monoisotopic (exact) mass is 297 g/mol. The number of ether oxygens (including phenoxy) is 2. The highest BCUT2D eigenvalue weighted by Gasteiger charge is 2.50. The normalized spacial score (nSPS) is 22.7. The van der Waals surface area contributed by atoms with Crippen LogP contribution in [0.25, 0.3) is 0 Å². The van der Waals surface area contributed by atoms with Crippen LogP contribution >= 0.6 is 15.9 Å². The van der Waals surface area contributed by atoms with E-state index in [0.29, 0.717) is 5.92 Å². The van der Waals surface area contributed by atoms with Gasteiger partial charge in [0, 0.05) is 23.1 Å². The Morgan fingerprint density at radius 1 is 1.41 bits per heavy atom. The van der Waals surface area contributed by atoms with Gasteiger partial charge in [-0.25, -0.2) is 0 Å². The largest absolute Gasteiger partial charge is 0.496 e. The molecule has 92 valence electrons. The second-order valence-corrected chi connectivity index (χ2v) is 5.76. The number of halogens is 1. The smallest absolute Gasteiger partial charge is 0.122 e. The molecule has 0 bridgehead atoms. The molecule has 2 aliphatic heterocycles. The first-order valence-electron chi connectivity index (χ1n) is 5.89. The Morgan fingerprint density at radius 3 is 2.65 bits per heavy atom. The van der Waals surface area contributed by atoms with Crippen molar-refractivity contribution in [2.45, 2.75) is 5.41 Å². The van der Waals surface area contributed by atoms with Gasteiger partial charge in [-0.15, -0.1) is 0 Å². The van der Waals surface area contributed by atoms with Gasteiger partial charge in [0.25, 0.3) is 0 Å². The number of methoxy groups -OCH3 is 1. The molecule has 0 saturated carbocycles. The summed E-state index contributed by atoms with van der Waals surface area (Å²) in [6.45, 7) is 3.79. The molecule has 2 fully saturated rings. The van der Waals surface area contributed by atoms with Crippen molar-refractivity contribution < 1.29 is 9.47 Å². The molecule has 0 aromatic heterocycles. The lowest BCUT2D eigenvalue weighted by molar-refractivity contribution is -0.102.